The minimum Gasteiger partial charge on any atom is -0.387 e. The molecule has 2 atom stereocenters. The number of pyridine rings is 1. The second-order valence-electron chi connectivity index (χ2n) is 5.50. The maximum Gasteiger partial charge on any atom is 0.250 e. The number of nitrogens with zero attached hydrogens (tertiary/aromatic N) is 2. The summed E-state index contributed by atoms with van der Waals surface area (Å²) < 4.78 is 37.4. The van der Waals surface area contributed by atoms with Crippen LogP contribution in [0.25, 0.3) is 11.1 Å². The standard InChI is InChI=1S/C18H18F3N3O/c19-9-16(24-11-17(20)21)18(25)13-3-1-12(2-4-13)14-5-6-15(7-8-22)23-10-14/h1-6,10,16-18,24-25H,7,9,11H2. The predicted octanol–water partition coefficient (Wildman–Crippen LogP) is 3.04. The lowest BCUT2D eigenvalue weighted by Gasteiger charge is -2.22. The molecular weight excluding hydrogens is 331 g/mol. The SMILES string of the molecule is N#CCc1ccc(-c2ccc(C(O)C(CF)NCC(F)F)cc2)cn1. The van der Waals surface area contributed by atoms with Crippen molar-refractivity contribution in [2.75, 3.05) is 13.2 Å². The molecule has 2 rings (SSSR count). The first kappa shape index (κ1) is 18.9. The van der Waals surface area contributed by atoms with E-state index in [2.05, 4.69) is 10.3 Å². The van der Waals surface area contributed by atoms with Crippen LogP contribution in [0.4, 0.5) is 13.2 Å². The van der Waals surface area contributed by atoms with Crippen LogP contribution < -0.4 is 5.32 Å². The fraction of sp³-hybridized carbons (Fsp3) is 0.333. The van der Waals surface area contributed by atoms with Gasteiger partial charge in [-0.1, -0.05) is 30.3 Å². The van der Waals surface area contributed by atoms with Gasteiger partial charge < -0.3 is 10.4 Å². The van der Waals surface area contributed by atoms with E-state index in [0.29, 0.717) is 11.3 Å². The first-order valence-corrected chi connectivity index (χ1v) is 7.73. The van der Waals surface area contributed by atoms with E-state index in [1.165, 1.54) is 0 Å². The van der Waals surface area contributed by atoms with Gasteiger partial charge in [0.1, 0.15) is 6.67 Å². The minimum absolute atomic E-state index is 0.238. The maximum absolute atomic E-state index is 13.0. The first-order chi connectivity index (χ1) is 12.0. The van der Waals surface area contributed by atoms with E-state index in [1.807, 2.05) is 12.1 Å². The van der Waals surface area contributed by atoms with Gasteiger partial charge in [-0.15, -0.1) is 0 Å². The molecule has 25 heavy (non-hydrogen) atoms. The van der Waals surface area contributed by atoms with E-state index >= 15 is 0 Å². The Morgan fingerprint density at radius 2 is 1.80 bits per heavy atom. The molecule has 0 fully saturated rings. The monoisotopic (exact) mass is 349 g/mol. The van der Waals surface area contributed by atoms with Gasteiger partial charge in [0.05, 0.1) is 36.9 Å². The number of benzene rings is 1. The summed E-state index contributed by atoms with van der Waals surface area (Å²) in [5.74, 6) is 0. The van der Waals surface area contributed by atoms with Crippen molar-refractivity contribution in [2.24, 2.45) is 0 Å². The summed E-state index contributed by atoms with van der Waals surface area (Å²) in [6.07, 6.45) is -1.96. The molecule has 2 aromatic rings. The van der Waals surface area contributed by atoms with Crippen LogP contribution in [0.3, 0.4) is 0 Å². The average Bonchev–Trinajstić information content (AvgIpc) is 2.63. The fourth-order valence-electron chi connectivity index (χ4n) is 2.38. The van der Waals surface area contributed by atoms with Gasteiger partial charge in [0.25, 0.3) is 6.43 Å². The molecule has 0 bridgehead atoms. The van der Waals surface area contributed by atoms with Crippen LogP contribution in [-0.4, -0.2) is 35.8 Å². The number of aliphatic hydroxyl groups is 1. The Bertz CT molecular complexity index is 699. The minimum atomic E-state index is -2.61. The van der Waals surface area contributed by atoms with Crippen molar-refractivity contribution in [3.63, 3.8) is 0 Å². The summed E-state index contributed by atoms with van der Waals surface area (Å²) in [6.45, 7) is -1.63. The summed E-state index contributed by atoms with van der Waals surface area (Å²) in [4.78, 5) is 4.18. The zero-order valence-electron chi connectivity index (χ0n) is 13.4. The highest BCUT2D eigenvalue weighted by molar-refractivity contribution is 5.62. The van der Waals surface area contributed by atoms with Crippen LogP contribution in [-0.2, 0) is 6.42 Å². The highest BCUT2D eigenvalue weighted by Crippen LogP contribution is 2.23. The second-order valence-corrected chi connectivity index (χ2v) is 5.50. The molecule has 0 aliphatic heterocycles. The number of nitrogens with one attached hydrogen (secondary N) is 1. The van der Waals surface area contributed by atoms with Gasteiger partial charge in [-0.25, -0.2) is 13.2 Å². The van der Waals surface area contributed by atoms with Crippen molar-refractivity contribution >= 4 is 0 Å². The lowest BCUT2D eigenvalue weighted by atomic mass is 9.99. The molecule has 2 unspecified atom stereocenters. The maximum atomic E-state index is 13.0. The molecule has 0 amide bonds. The molecule has 0 saturated carbocycles. The Kier molecular flexibility index (Phi) is 6.92. The van der Waals surface area contributed by atoms with Crippen LogP contribution in [0.5, 0.6) is 0 Å². The quantitative estimate of drug-likeness (QED) is 0.769. The predicted molar refractivity (Wildman–Crippen MR) is 87.7 cm³/mol. The molecular formula is C18H18F3N3O. The molecule has 0 radical (unpaired) electrons. The van der Waals surface area contributed by atoms with E-state index in [0.717, 1.165) is 11.1 Å². The highest BCUT2D eigenvalue weighted by atomic mass is 19.3. The Labute approximate surface area is 143 Å². The lowest BCUT2D eigenvalue weighted by Crippen LogP contribution is -2.39. The molecule has 0 aliphatic carbocycles. The molecule has 1 heterocycles. The van der Waals surface area contributed by atoms with Gasteiger partial charge in [-0.3, -0.25) is 4.98 Å². The van der Waals surface area contributed by atoms with E-state index in [9.17, 15) is 18.3 Å². The third-order valence-electron chi connectivity index (χ3n) is 3.75. The van der Waals surface area contributed by atoms with Gasteiger partial charge in [0.15, 0.2) is 0 Å². The summed E-state index contributed by atoms with van der Waals surface area (Å²) in [6, 6.07) is 11.2. The Balaban J connectivity index is 2.08. The Morgan fingerprint density at radius 3 is 2.32 bits per heavy atom. The summed E-state index contributed by atoms with van der Waals surface area (Å²) in [5, 5.41) is 21.1. The van der Waals surface area contributed by atoms with Crippen LogP contribution >= 0.6 is 0 Å². The smallest absolute Gasteiger partial charge is 0.250 e. The normalized spacial score (nSPS) is 13.4. The van der Waals surface area contributed by atoms with Crippen LogP contribution in [0.15, 0.2) is 42.6 Å². The largest absolute Gasteiger partial charge is 0.387 e. The van der Waals surface area contributed by atoms with E-state index in [-0.39, 0.29) is 6.42 Å². The zero-order valence-corrected chi connectivity index (χ0v) is 13.4. The second kappa shape index (κ2) is 9.16. The molecule has 132 valence electrons. The van der Waals surface area contributed by atoms with Crippen molar-refractivity contribution in [3.8, 4) is 17.2 Å². The molecule has 2 N–H and O–H groups in total. The summed E-state index contributed by atoms with van der Waals surface area (Å²) >= 11 is 0. The molecule has 0 spiro atoms. The molecule has 0 aliphatic rings. The van der Waals surface area contributed by atoms with Crippen molar-refractivity contribution < 1.29 is 18.3 Å². The lowest BCUT2D eigenvalue weighted by molar-refractivity contribution is 0.0893. The van der Waals surface area contributed by atoms with Gasteiger partial charge in [0.2, 0.25) is 0 Å². The molecule has 1 aromatic heterocycles. The van der Waals surface area contributed by atoms with Crippen molar-refractivity contribution in [3.05, 3.63) is 53.9 Å². The topological polar surface area (TPSA) is 68.9 Å². The van der Waals surface area contributed by atoms with Crippen molar-refractivity contribution in [1.29, 1.82) is 5.26 Å². The van der Waals surface area contributed by atoms with E-state index in [4.69, 9.17) is 5.26 Å². The summed E-state index contributed by atoms with van der Waals surface area (Å²) in [7, 11) is 0. The van der Waals surface area contributed by atoms with E-state index < -0.39 is 31.8 Å². The molecule has 1 aromatic carbocycles. The number of halogens is 3. The third-order valence-corrected chi connectivity index (χ3v) is 3.75. The number of alkyl halides is 3. The number of hydrogen-bond acceptors (Lipinski definition) is 4. The number of aromatic nitrogens is 1. The average molecular weight is 349 g/mol. The fourth-order valence-corrected chi connectivity index (χ4v) is 2.38. The van der Waals surface area contributed by atoms with Crippen molar-refractivity contribution in [1.82, 2.24) is 10.3 Å². The molecule has 0 saturated heterocycles. The third kappa shape index (κ3) is 5.28. The number of nitriles is 1. The van der Waals surface area contributed by atoms with Crippen LogP contribution in [0.1, 0.15) is 17.4 Å². The van der Waals surface area contributed by atoms with Crippen molar-refractivity contribution in [2.45, 2.75) is 25.0 Å². The van der Waals surface area contributed by atoms with Crippen LogP contribution in [0.2, 0.25) is 0 Å². The van der Waals surface area contributed by atoms with Gasteiger partial charge in [-0.05, 0) is 17.2 Å². The Hall–Kier alpha value is -2.43. The van der Waals surface area contributed by atoms with Gasteiger partial charge in [0, 0.05) is 11.8 Å². The number of aliphatic hydroxyl groups excluding tert-OH is 1. The zero-order chi connectivity index (χ0) is 18.2. The Morgan fingerprint density at radius 1 is 1.12 bits per heavy atom. The number of hydrogen-bond donors (Lipinski definition) is 2. The highest BCUT2D eigenvalue weighted by Gasteiger charge is 2.21. The summed E-state index contributed by atoms with van der Waals surface area (Å²) in [5.41, 5.74) is 2.78. The number of rotatable bonds is 8. The molecule has 4 nitrogen and oxygen atoms in total. The van der Waals surface area contributed by atoms with Gasteiger partial charge >= 0.3 is 0 Å². The first-order valence-electron chi connectivity index (χ1n) is 7.73. The van der Waals surface area contributed by atoms with E-state index in [1.54, 1.807) is 36.5 Å². The molecule has 7 heteroatoms. The van der Waals surface area contributed by atoms with Crippen LogP contribution in [0, 0.1) is 11.3 Å². The van der Waals surface area contributed by atoms with Gasteiger partial charge in [-0.2, -0.15) is 5.26 Å².